The molecule has 0 saturated heterocycles. The fourth-order valence-electron chi connectivity index (χ4n) is 5.61. The highest BCUT2D eigenvalue weighted by Gasteiger charge is 2.37. The van der Waals surface area contributed by atoms with Crippen LogP contribution in [0.1, 0.15) is 73.4 Å². The van der Waals surface area contributed by atoms with E-state index in [1.54, 1.807) is 0 Å². The second-order valence-corrected chi connectivity index (χ2v) is 12.2. The molecule has 0 fully saturated rings. The van der Waals surface area contributed by atoms with Gasteiger partial charge in [-0.1, -0.05) is 58.9 Å². The lowest BCUT2D eigenvalue weighted by Gasteiger charge is -2.41. The first-order valence-electron chi connectivity index (χ1n) is 15.2. The maximum Gasteiger partial charge on any atom is 0.216 e. The number of aromatic nitrogens is 1. The van der Waals surface area contributed by atoms with E-state index in [4.69, 9.17) is 18.6 Å². The lowest BCUT2D eigenvalue weighted by Crippen LogP contribution is -2.31. The molecule has 204 valence electrons. The average molecular weight is 535 g/mol. The van der Waals surface area contributed by atoms with E-state index >= 15 is 0 Å². The van der Waals surface area contributed by atoms with Gasteiger partial charge in [-0.05, 0) is 83.9 Å². The Morgan fingerprint density at radius 3 is 2.52 bits per heavy atom. The first-order valence-corrected chi connectivity index (χ1v) is 13.7. The van der Waals surface area contributed by atoms with Gasteiger partial charge < -0.3 is 9.47 Å². The van der Waals surface area contributed by atoms with Crippen molar-refractivity contribution in [1.29, 1.82) is 0 Å². The minimum atomic E-state index is -2.20. The van der Waals surface area contributed by atoms with Crippen LogP contribution in [-0.4, -0.2) is 23.5 Å². The summed E-state index contributed by atoms with van der Waals surface area (Å²) in [7, 11) is 0. The Morgan fingerprint density at radius 2 is 1.75 bits per heavy atom. The van der Waals surface area contributed by atoms with E-state index in [0.717, 1.165) is 22.8 Å². The van der Waals surface area contributed by atoms with Crippen LogP contribution < -0.4 is 9.64 Å². The molecule has 0 N–H and O–H groups in total. The van der Waals surface area contributed by atoms with Gasteiger partial charge in [0.15, 0.2) is 0 Å². The van der Waals surface area contributed by atoms with Crippen LogP contribution in [0, 0.1) is 6.92 Å². The Hall–Kier alpha value is -4.12. The number of hydrogen-bond acceptors (Lipinski definition) is 5. The summed E-state index contributed by atoms with van der Waals surface area (Å²) in [5.74, 6) is 2.48. The van der Waals surface area contributed by atoms with E-state index in [9.17, 15) is 0 Å². The number of pyridine rings is 1. The van der Waals surface area contributed by atoms with Crippen LogP contribution in [0.2, 0.25) is 0 Å². The van der Waals surface area contributed by atoms with Gasteiger partial charge in [-0.2, -0.15) is 0 Å². The second-order valence-electron chi connectivity index (χ2n) is 12.2. The highest BCUT2D eigenvalue weighted by Crippen LogP contribution is 2.52. The smallest absolute Gasteiger partial charge is 0.216 e. The third kappa shape index (κ3) is 4.64. The number of para-hydroxylation sites is 1. The van der Waals surface area contributed by atoms with Gasteiger partial charge in [0.1, 0.15) is 23.9 Å². The van der Waals surface area contributed by atoms with Crippen molar-refractivity contribution in [2.24, 2.45) is 4.99 Å². The molecule has 0 unspecified atom stereocenters. The van der Waals surface area contributed by atoms with Gasteiger partial charge in [0, 0.05) is 27.4 Å². The van der Waals surface area contributed by atoms with Crippen molar-refractivity contribution in [3.05, 3.63) is 107 Å². The van der Waals surface area contributed by atoms with E-state index < -0.39 is 12.9 Å². The summed E-state index contributed by atoms with van der Waals surface area (Å²) < 4.78 is 35.2. The number of ether oxygens (including phenoxy) is 2. The average Bonchev–Trinajstić information content (AvgIpc) is 3.44. The minimum absolute atomic E-state index is 0.0280. The van der Waals surface area contributed by atoms with Gasteiger partial charge in [0.05, 0.1) is 17.4 Å². The summed E-state index contributed by atoms with van der Waals surface area (Å²) in [6, 6.07) is 23.8. The van der Waals surface area contributed by atoms with Crippen LogP contribution in [0.25, 0.3) is 0 Å². The van der Waals surface area contributed by atoms with Gasteiger partial charge in [-0.15, -0.1) is 0 Å². The summed E-state index contributed by atoms with van der Waals surface area (Å²) in [6.45, 7) is 10.9. The van der Waals surface area contributed by atoms with Gasteiger partial charge in [0.25, 0.3) is 0 Å². The first-order chi connectivity index (χ1) is 20.2. The minimum Gasteiger partial charge on any atom is -0.475 e. The second kappa shape index (κ2) is 9.51. The Bertz CT molecular complexity index is 1740. The van der Waals surface area contributed by atoms with E-state index in [0.29, 0.717) is 23.0 Å². The Labute approximate surface area is 241 Å². The fourth-order valence-corrected chi connectivity index (χ4v) is 5.61. The van der Waals surface area contributed by atoms with Gasteiger partial charge in [-0.25, -0.2) is 9.98 Å². The molecular formula is C35H37N3O2. The molecule has 2 aliphatic rings. The number of benzene rings is 3. The van der Waals surface area contributed by atoms with Crippen molar-refractivity contribution in [3.63, 3.8) is 0 Å². The Kier molecular flexibility index (Phi) is 5.39. The van der Waals surface area contributed by atoms with Gasteiger partial charge in [-0.3, -0.25) is 4.90 Å². The summed E-state index contributed by atoms with van der Waals surface area (Å²) in [4.78, 5) is 11.4. The number of nitrogens with zero attached hydrogens (tertiary/aromatic N) is 3. The molecule has 3 heterocycles. The first kappa shape index (κ1) is 22.7. The molecule has 1 atom stereocenters. The van der Waals surface area contributed by atoms with Crippen molar-refractivity contribution in [2.75, 3.05) is 11.5 Å². The van der Waals surface area contributed by atoms with Crippen LogP contribution in [0.15, 0.2) is 84.0 Å². The predicted octanol–water partition coefficient (Wildman–Crippen LogP) is 8.75. The highest BCUT2D eigenvalue weighted by atomic mass is 16.5. The molecule has 5 nitrogen and oxygen atoms in total. The van der Waals surface area contributed by atoms with Crippen molar-refractivity contribution in [2.45, 2.75) is 65.3 Å². The molecule has 5 heteroatoms. The SMILES string of the molecule is [2H]C([2H])([2H])[C@@H]1COC(c2cc(C)cc(Oc3ccc4c(c3)N(c3cc(C(C)(C)C)ccn3)c3ccccc3C4(C)C)c2)=N1. The van der Waals surface area contributed by atoms with E-state index in [1.807, 2.05) is 37.4 Å². The van der Waals surface area contributed by atoms with Gasteiger partial charge >= 0.3 is 0 Å². The van der Waals surface area contributed by atoms with Crippen molar-refractivity contribution in [3.8, 4) is 11.5 Å². The van der Waals surface area contributed by atoms with Crippen molar-refractivity contribution >= 4 is 23.1 Å². The van der Waals surface area contributed by atoms with Crippen molar-refractivity contribution in [1.82, 2.24) is 4.98 Å². The van der Waals surface area contributed by atoms with Crippen LogP contribution in [0.3, 0.4) is 0 Å². The van der Waals surface area contributed by atoms with Crippen molar-refractivity contribution < 1.29 is 13.6 Å². The largest absolute Gasteiger partial charge is 0.475 e. The molecule has 0 radical (unpaired) electrons. The number of aliphatic imine (C=N–C) groups is 1. The molecule has 4 aromatic rings. The number of aryl methyl sites for hydroxylation is 1. The summed E-state index contributed by atoms with van der Waals surface area (Å²) in [5, 5.41) is 0. The van der Waals surface area contributed by atoms with Crippen LogP contribution in [-0.2, 0) is 15.6 Å². The molecule has 3 aromatic carbocycles. The monoisotopic (exact) mass is 534 g/mol. The molecule has 0 aliphatic carbocycles. The van der Waals surface area contributed by atoms with Crippen LogP contribution >= 0.6 is 0 Å². The highest BCUT2D eigenvalue weighted by molar-refractivity contribution is 5.95. The zero-order chi connectivity index (χ0) is 30.7. The molecule has 0 saturated carbocycles. The zero-order valence-corrected chi connectivity index (χ0v) is 23.9. The van der Waals surface area contributed by atoms with E-state index in [2.05, 4.69) is 93.0 Å². The number of anilines is 3. The summed E-state index contributed by atoms with van der Waals surface area (Å²) in [6.07, 6.45) is 1.89. The Balaban J connectivity index is 1.42. The van der Waals surface area contributed by atoms with Crippen LogP contribution in [0.5, 0.6) is 11.5 Å². The predicted molar refractivity (Wildman–Crippen MR) is 163 cm³/mol. The lowest BCUT2D eigenvalue weighted by atomic mass is 9.73. The summed E-state index contributed by atoms with van der Waals surface area (Å²) in [5.41, 5.74) is 7.10. The standard InChI is InChI=1S/C35H37N3O2/c1-22-16-24(33-37-23(2)21-39-33)18-27(17-22)40-26-12-13-29-31(20-26)38(30-11-9-8-10-28(30)35(29,6)7)32-19-25(14-15-36-32)34(3,4)5/h8-20,23H,21H2,1-7H3/t23-/m1/s1/i2D3. The maximum absolute atomic E-state index is 7.70. The van der Waals surface area contributed by atoms with Gasteiger partial charge in [0.2, 0.25) is 5.90 Å². The quantitative estimate of drug-likeness (QED) is 0.263. The van der Waals surface area contributed by atoms with Crippen LogP contribution in [0.4, 0.5) is 17.2 Å². The number of rotatable bonds is 4. The summed E-state index contributed by atoms with van der Waals surface area (Å²) >= 11 is 0. The number of hydrogen-bond donors (Lipinski definition) is 0. The zero-order valence-electron chi connectivity index (χ0n) is 26.9. The molecule has 1 aromatic heterocycles. The molecule has 0 spiro atoms. The fraction of sp³-hybridized carbons (Fsp3) is 0.314. The van der Waals surface area contributed by atoms with E-state index in [1.165, 1.54) is 16.7 Å². The lowest BCUT2D eigenvalue weighted by molar-refractivity contribution is 0.324. The molecule has 0 amide bonds. The molecule has 2 aliphatic heterocycles. The van der Waals surface area contributed by atoms with E-state index in [-0.39, 0.29) is 17.4 Å². The molecular weight excluding hydrogens is 494 g/mol. The third-order valence-corrected chi connectivity index (χ3v) is 7.73. The third-order valence-electron chi connectivity index (χ3n) is 7.73. The topological polar surface area (TPSA) is 47.0 Å². The molecule has 6 rings (SSSR count). The Morgan fingerprint density at radius 1 is 0.950 bits per heavy atom. The normalized spacial score (nSPS) is 18.9. The molecule has 40 heavy (non-hydrogen) atoms. The number of fused-ring (bicyclic) bond motifs is 2. The molecule has 0 bridgehead atoms. The maximum atomic E-state index is 7.70.